The molecule has 0 fully saturated rings. The number of anilines is 1. The Kier molecular flexibility index (Phi) is 4.24. The SMILES string of the molecule is CCOC(=O)C(C)N1CCCCc2ccccc21. The van der Waals surface area contributed by atoms with Crippen LogP contribution in [-0.2, 0) is 16.0 Å². The van der Waals surface area contributed by atoms with Gasteiger partial charge in [0.15, 0.2) is 0 Å². The molecule has 1 aromatic rings. The van der Waals surface area contributed by atoms with Gasteiger partial charge in [0, 0.05) is 12.2 Å². The molecule has 3 heteroatoms. The van der Waals surface area contributed by atoms with Gasteiger partial charge in [-0.2, -0.15) is 0 Å². The number of para-hydroxylation sites is 1. The van der Waals surface area contributed by atoms with Crippen LogP contribution in [0.15, 0.2) is 24.3 Å². The van der Waals surface area contributed by atoms with E-state index in [4.69, 9.17) is 4.74 Å². The molecule has 0 saturated heterocycles. The van der Waals surface area contributed by atoms with Crippen LogP contribution in [-0.4, -0.2) is 25.2 Å². The zero-order valence-corrected chi connectivity index (χ0v) is 11.2. The van der Waals surface area contributed by atoms with E-state index in [2.05, 4.69) is 23.1 Å². The summed E-state index contributed by atoms with van der Waals surface area (Å²) >= 11 is 0. The highest BCUT2D eigenvalue weighted by Crippen LogP contribution is 2.27. The third kappa shape index (κ3) is 2.66. The van der Waals surface area contributed by atoms with Crippen molar-refractivity contribution in [1.29, 1.82) is 0 Å². The van der Waals surface area contributed by atoms with Crippen molar-refractivity contribution in [2.24, 2.45) is 0 Å². The van der Waals surface area contributed by atoms with E-state index in [0.29, 0.717) is 6.61 Å². The lowest BCUT2D eigenvalue weighted by molar-refractivity contribution is -0.144. The predicted molar refractivity (Wildman–Crippen MR) is 72.8 cm³/mol. The summed E-state index contributed by atoms with van der Waals surface area (Å²) in [5.74, 6) is -0.130. The molecule has 1 aromatic carbocycles. The number of ether oxygens (including phenoxy) is 1. The van der Waals surface area contributed by atoms with Crippen LogP contribution in [0.3, 0.4) is 0 Å². The number of carbonyl (C=O) groups is 1. The minimum atomic E-state index is -0.204. The van der Waals surface area contributed by atoms with E-state index in [1.807, 2.05) is 19.9 Å². The molecule has 98 valence electrons. The quantitative estimate of drug-likeness (QED) is 0.769. The average Bonchev–Trinajstić information content (AvgIpc) is 2.60. The molecule has 0 spiro atoms. The largest absolute Gasteiger partial charge is 0.464 e. The minimum absolute atomic E-state index is 0.130. The monoisotopic (exact) mass is 247 g/mol. The molecular weight excluding hydrogens is 226 g/mol. The summed E-state index contributed by atoms with van der Waals surface area (Å²) in [6.45, 7) is 5.15. The highest BCUT2D eigenvalue weighted by Gasteiger charge is 2.25. The van der Waals surface area contributed by atoms with Gasteiger partial charge < -0.3 is 9.64 Å². The number of nitrogens with zero attached hydrogens (tertiary/aromatic N) is 1. The molecule has 1 atom stereocenters. The molecule has 1 heterocycles. The first kappa shape index (κ1) is 12.9. The summed E-state index contributed by atoms with van der Waals surface area (Å²) in [6, 6.07) is 8.16. The molecule has 1 aliphatic heterocycles. The summed E-state index contributed by atoms with van der Waals surface area (Å²) in [7, 11) is 0. The Morgan fingerprint density at radius 1 is 1.39 bits per heavy atom. The first-order valence-electron chi connectivity index (χ1n) is 6.75. The summed E-state index contributed by atoms with van der Waals surface area (Å²) in [5, 5.41) is 0. The van der Waals surface area contributed by atoms with Crippen molar-refractivity contribution >= 4 is 11.7 Å². The van der Waals surface area contributed by atoms with E-state index in [1.54, 1.807) is 0 Å². The average molecular weight is 247 g/mol. The van der Waals surface area contributed by atoms with Gasteiger partial charge in [-0.25, -0.2) is 4.79 Å². The van der Waals surface area contributed by atoms with Crippen molar-refractivity contribution in [3.8, 4) is 0 Å². The number of carbonyl (C=O) groups excluding carboxylic acids is 1. The second kappa shape index (κ2) is 5.89. The Morgan fingerprint density at radius 3 is 2.94 bits per heavy atom. The molecular formula is C15H21NO2. The van der Waals surface area contributed by atoms with E-state index < -0.39 is 0 Å². The fraction of sp³-hybridized carbons (Fsp3) is 0.533. The fourth-order valence-electron chi connectivity index (χ4n) is 2.51. The number of aryl methyl sites for hydroxylation is 1. The van der Waals surface area contributed by atoms with Crippen LogP contribution >= 0.6 is 0 Å². The van der Waals surface area contributed by atoms with Gasteiger partial charge in [0.05, 0.1) is 6.61 Å². The number of rotatable bonds is 3. The first-order valence-corrected chi connectivity index (χ1v) is 6.75. The molecule has 0 saturated carbocycles. The third-order valence-corrected chi connectivity index (χ3v) is 3.49. The summed E-state index contributed by atoms with van der Waals surface area (Å²) in [4.78, 5) is 14.1. The van der Waals surface area contributed by atoms with Crippen LogP contribution in [0, 0.1) is 0 Å². The second-order valence-electron chi connectivity index (χ2n) is 4.71. The molecule has 0 radical (unpaired) electrons. The minimum Gasteiger partial charge on any atom is -0.464 e. The van der Waals surface area contributed by atoms with Crippen molar-refractivity contribution < 1.29 is 9.53 Å². The summed E-state index contributed by atoms with van der Waals surface area (Å²) in [5.41, 5.74) is 2.53. The molecule has 0 bridgehead atoms. The van der Waals surface area contributed by atoms with Crippen molar-refractivity contribution in [2.45, 2.75) is 39.2 Å². The first-order chi connectivity index (χ1) is 8.74. The molecule has 3 nitrogen and oxygen atoms in total. The van der Waals surface area contributed by atoms with Gasteiger partial charge >= 0.3 is 5.97 Å². The van der Waals surface area contributed by atoms with Crippen LogP contribution < -0.4 is 4.90 Å². The van der Waals surface area contributed by atoms with Gasteiger partial charge in [0.1, 0.15) is 6.04 Å². The predicted octanol–water partition coefficient (Wildman–Crippen LogP) is 2.78. The van der Waals surface area contributed by atoms with Crippen LogP contribution in [0.2, 0.25) is 0 Å². The standard InChI is InChI=1S/C15H21NO2/c1-3-18-15(17)12(2)16-11-7-6-9-13-8-4-5-10-14(13)16/h4-5,8,10,12H,3,6-7,9,11H2,1-2H3. The molecule has 1 aliphatic rings. The van der Waals surface area contributed by atoms with Crippen molar-refractivity contribution in [2.75, 3.05) is 18.1 Å². The Bertz CT molecular complexity index is 417. The van der Waals surface area contributed by atoms with Crippen molar-refractivity contribution in [3.05, 3.63) is 29.8 Å². The zero-order valence-electron chi connectivity index (χ0n) is 11.2. The third-order valence-electron chi connectivity index (χ3n) is 3.49. The molecule has 18 heavy (non-hydrogen) atoms. The van der Waals surface area contributed by atoms with E-state index >= 15 is 0 Å². The highest BCUT2D eigenvalue weighted by molar-refractivity contribution is 5.80. The van der Waals surface area contributed by atoms with Crippen LogP contribution in [0.5, 0.6) is 0 Å². The summed E-state index contributed by atoms with van der Waals surface area (Å²) < 4.78 is 5.13. The maximum Gasteiger partial charge on any atom is 0.328 e. The molecule has 2 rings (SSSR count). The van der Waals surface area contributed by atoms with E-state index in [0.717, 1.165) is 19.4 Å². The number of esters is 1. The Labute approximate surface area is 109 Å². The second-order valence-corrected chi connectivity index (χ2v) is 4.71. The van der Waals surface area contributed by atoms with E-state index in [-0.39, 0.29) is 12.0 Å². The van der Waals surface area contributed by atoms with E-state index in [9.17, 15) is 4.79 Å². The lowest BCUT2D eigenvalue weighted by Crippen LogP contribution is -2.40. The van der Waals surface area contributed by atoms with Crippen LogP contribution in [0.25, 0.3) is 0 Å². The smallest absolute Gasteiger partial charge is 0.328 e. The van der Waals surface area contributed by atoms with Gasteiger partial charge in [-0.05, 0) is 44.7 Å². The zero-order chi connectivity index (χ0) is 13.0. The highest BCUT2D eigenvalue weighted by atomic mass is 16.5. The van der Waals surface area contributed by atoms with Crippen LogP contribution in [0.4, 0.5) is 5.69 Å². The topological polar surface area (TPSA) is 29.5 Å². The lowest BCUT2D eigenvalue weighted by atomic mass is 10.1. The number of fused-ring (bicyclic) bond motifs is 1. The Morgan fingerprint density at radius 2 is 2.17 bits per heavy atom. The Balaban J connectivity index is 2.24. The van der Waals surface area contributed by atoms with E-state index in [1.165, 1.54) is 17.7 Å². The van der Waals surface area contributed by atoms with Crippen molar-refractivity contribution in [1.82, 2.24) is 0 Å². The normalized spacial score (nSPS) is 16.7. The van der Waals surface area contributed by atoms with Gasteiger partial charge in [-0.15, -0.1) is 0 Å². The van der Waals surface area contributed by atoms with Gasteiger partial charge in [0.25, 0.3) is 0 Å². The maximum atomic E-state index is 11.9. The molecule has 0 aliphatic carbocycles. The van der Waals surface area contributed by atoms with Gasteiger partial charge in [0.2, 0.25) is 0 Å². The molecule has 0 amide bonds. The Hall–Kier alpha value is -1.51. The van der Waals surface area contributed by atoms with Crippen molar-refractivity contribution in [3.63, 3.8) is 0 Å². The van der Waals surface area contributed by atoms with Crippen LogP contribution in [0.1, 0.15) is 32.3 Å². The number of benzene rings is 1. The number of hydrogen-bond acceptors (Lipinski definition) is 3. The van der Waals surface area contributed by atoms with Gasteiger partial charge in [-0.1, -0.05) is 18.2 Å². The van der Waals surface area contributed by atoms with Gasteiger partial charge in [-0.3, -0.25) is 0 Å². The summed E-state index contributed by atoms with van der Waals surface area (Å²) in [6.07, 6.45) is 3.41. The molecule has 0 N–H and O–H groups in total. The number of hydrogen-bond donors (Lipinski definition) is 0. The molecule has 1 unspecified atom stereocenters. The lowest BCUT2D eigenvalue weighted by Gasteiger charge is -2.29. The fourth-order valence-corrected chi connectivity index (χ4v) is 2.51. The molecule has 0 aromatic heterocycles. The maximum absolute atomic E-state index is 11.9.